The van der Waals surface area contributed by atoms with Crippen molar-refractivity contribution in [2.45, 2.75) is 24.3 Å². The first-order valence-electron chi connectivity index (χ1n) is 5.40. The van der Waals surface area contributed by atoms with Crippen LogP contribution in [0.1, 0.15) is 12.0 Å². The summed E-state index contributed by atoms with van der Waals surface area (Å²) in [6, 6.07) is 2.11. The Bertz CT molecular complexity index is 574. The minimum absolute atomic E-state index is 0.0337. The third kappa shape index (κ3) is 4.19. The Labute approximate surface area is 116 Å². The van der Waals surface area contributed by atoms with Crippen molar-refractivity contribution in [3.05, 3.63) is 29.6 Å². The van der Waals surface area contributed by atoms with Gasteiger partial charge in [0.1, 0.15) is 11.9 Å². The minimum Gasteiger partial charge on any atom is -0.480 e. The predicted molar refractivity (Wildman–Crippen MR) is 71.4 cm³/mol. The smallest absolute Gasteiger partial charge is 0.321 e. The molecule has 1 unspecified atom stereocenters. The molecule has 0 aliphatic carbocycles. The summed E-state index contributed by atoms with van der Waals surface area (Å²) in [7, 11) is -4.07. The highest BCUT2D eigenvalue weighted by Gasteiger charge is 2.25. The summed E-state index contributed by atoms with van der Waals surface area (Å²) in [5, 5.41) is 8.88. The van der Waals surface area contributed by atoms with Gasteiger partial charge in [0, 0.05) is 0 Å². The zero-order valence-corrected chi connectivity index (χ0v) is 11.8. The molecule has 0 aromatic heterocycles. The van der Waals surface area contributed by atoms with Gasteiger partial charge in [0.15, 0.2) is 0 Å². The first-order chi connectivity index (χ1) is 8.77. The second-order valence-electron chi connectivity index (χ2n) is 3.94. The molecule has 2 N–H and O–H groups in total. The van der Waals surface area contributed by atoms with Gasteiger partial charge in [-0.05, 0) is 36.8 Å². The largest absolute Gasteiger partial charge is 0.480 e. The zero-order valence-electron chi connectivity index (χ0n) is 10.1. The van der Waals surface area contributed by atoms with Gasteiger partial charge in [-0.1, -0.05) is 6.07 Å². The zero-order chi connectivity index (χ0) is 14.6. The Kier molecular flexibility index (Phi) is 5.33. The van der Waals surface area contributed by atoms with E-state index in [9.17, 15) is 17.6 Å². The normalized spacial score (nSPS) is 13.2. The summed E-state index contributed by atoms with van der Waals surface area (Å²) in [5.41, 5.74) is 0.309. The SMILES string of the molecule is Cc1ccc(S(=O)(=O)NC(CCS)C(=O)O)cc1F. The lowest BCUT2D eigenvalue weighted by atomic mass is 10.2. The predicted octanol–water partition coefficient (Wildman–Crippen LogP) is 1.19. The highest BCUT2D eigenvalue weighted by Crippen LogP contribution is 2.15. The molecule has 0 aliphatic rings. The Morgan fingerprint density at radius 2 is 2.16 bits per heavy atom. The van der Waals surface area contributed by atoms with Gasteiger partial charge in [-0.15, -0.1) is 0 Å². The Hall–Kier alpha value is -1.12. The van der Waals surface area contributed by atoms with E-state index in [0.717, 1.165) is 6.07 Å². The summed E-state index contributed by atoms with van der Waals surface area (Å²) in [4.78, 5) is 10.6. The lowest BCUT2D eigenvalue weighted by molar-refractivity contribution is -0.139. The van der Waals surface area contributed by atoms with E-state index in [1.807, 2.05) is 4.72 Å². The number of sulfonamides is 1. The lowest BCUT2D eigenvalue weighted by Crippen LogP contribution is -2.41. The van der Waals surface area contributed by atoms with Crippen LogP contribution in [-0.2, 0) is 14.8 Å². The Morgan fingerprint density at radius 3 is 2.63 bits per heavy atom. The van der Waals surface area contributed by atoms with Crippen LogP contribution in [0.5, 0.6) is 0 Å². The van der Waals surface area contributed by atoms with Gasteiger partial charge in [-0.3, -0.25) is 4.79 Å². The average molecular weight is 307 g/mol. The number of benzene rings is 1. The molecule has 0 aliphatic heterocycles. The molecular weight excluding hydrogens is 293 g/mol. The topological polar surface area (TPSA) is 83.5 Å². The average Bonchev–Trinajstić information content (AvgIpc) is 2.31. The number of carbonyl (C=O) groups is 1. The Morgan fingerprint density at radius 1 is 1.53 bits per heavy atom. The van der Waals surface area contributed by atoms with Crippen LogP contribution in [0, 0.1) is 12.7 Å². The van der Waals surface area contributed by atoms with Crippen LogP contribution in [0.15, 0.2) is 23.1 Å². The fraction of sp³-hybridized carbons (Fsp3) is 0.364. The number of aliphatic carboxylic acids is 1. The third-order valence-corrected chi connectivity index (χ3v) is 4.19. The molecule has 0 saturated heterocycles. The monoisotopic (exact) mass is 307 g/mol. The maximum Gasteiger partial charge on any atom is 0.321 e. The van der Waals surface area contributed by atoms with E-state index in [4.69, 9.17) is 5.11 Å². The first-order valence-corrected chi connectivity index (χ1v) is 7.51. The molecule has 0 saturated carbocycles. The van der Waals surface area contributed by atoms with E-state index in [-0.39, 0.29) is 17.1 Å². The van der Waals surface area contributed by atoms with Crippen LogP contribution >= 0.6 is 12.6 Å². The molecule has 1 atom stereocenters. The number of rotatable bonds is 6. The van der Waals surface area contributed by atoms with Gasteiger partial charge in [0.2, 0.25) is 10.0 Å². The van der Waals surface area contributed by atoms with E-state index < -0.39 is 27.9 Å². The maximum absolute atomic E-state index is 13.3. The van der Waals surface area contributed by atoms with Gasteiger partial charge in [0.25, 0.3) is 0 Å². The van der Waals surface area contributed by atoms with Crippen molar-refractivity contribution in [2.75, 3.05) is 5.75 Å². The molecule has 0 radical (unpaired) electrons. The number of carboxylic acids is 1. The fourth-order valence-electron chi connectivity index (χ4n) is 1.36. The van der Waals surface area contributed by atoms with Crippen molar-refractivity contribution in [2.24, 2.45) is 0 Å². The van der Waals surface area contributed by atoms with Crippen LogP contribution in [0.3, 0.4) is 0 Å². The highest BCUT2D eigenvalue weighted by molar-refractivity contribution is 7.89. The maximum atomic E-state index is 13.3. The summed E-state index contributed by atoms with van der Waals surface area (Å²) < 4.78 is 39.2. The summed E-state index contributed by atoms with van der Waals surface area (Å²) >= 11 is 3.86. The van der Waals surface area contributed by atoms with Gasteiger partial charge in [-0.2, -0.15) is 17.4 Å². The number of hydrogen-bond donors (Lipinski definition) is 3. The van der Waals surface area contributed by atoms with Crippen molar-refractivity contribution in [1.29, 1.82) is 0 Å². The van der Waals surface area contributed by atoms with E-state index in [1.54, 1.807) is 0 Å². The second kappa shape index (κ2) is 6.36. The van der Waals surface area contributed by atoms with E-state index >= 15 is 0 Å². The number of aryl methyl sites for hydroxylation is 1. The van der Waals surface area contributed by atoms with Crippen molar-refractivity contribution in [3.63, 3.8) is 0 Å². The molecule has 0 spiro atoms. The molecule has 1 aromatic rings. The molecule has 1 rings (SSSR count). The summed E-state index contributed by atoms with van der Waals surface area (Å²) in [6.07, 6.45) is 0.0337. The van der Waals surface area contributed by atoms with Crippen molar-refractivity contribution >= 4 is 28.6 Å². The molecule has 0 fully saturated rings. The fourth-order valence-corrected chi connectivity index (χ4v) is 2.85. The summed E-state index contributed by atoms with van der Waals surface area (Å²) in [5.74, 6) is -1.75. The van der Waals surface area contributed by atoms with Crippen LogP contribution < -0.4 is 4.72 Å². The van der Waals surface area contributed by atoms with Crippen molar-refractivity contribution < 1.29 is 22.7 Å². The second-order valence-corrected chi connectivity index (χ2v) is 6.10. The van der Waals surface area contributed by atoms with Gasteiger partial charge >= 0.3 is 5.97 Å². The molecule has 0 heterocycles. The standard InChI is InChI=1S/C11H14FNO4S2/c1-7-2-3-8(6-9(7)12)19(16,17)13-10(4-5-18)11(14)15/h2-3,6,10,13,18H,4-5H2,1H3,(H,14,15). The first kappa shape index (κ1) is 15.9. The van der Waals surface area contributed by atoms with Crippen LogP contribution in [0.25, 0.3) is 0 Å². The van der Waals surface area contributed by atoms with Crippen LogP contribution in [0.2, 0.25) is 0 Å². The molecule has 0 amide bonds. The molecule has 1 aromatic carbocycles. The number of hydrogen-bond acceptors (Lipinski definition) is 4. The molecular formula is C11H14FNO4S2. The van der Waals surface area contributed by atoms with Gasteiger partial charge in [0.05, 0.1) is 4.90 Å². The van der Waals surface area contributed by atoms with Gasteiger partial charge < -0.3 is 5.11 Å². The minimum atomic E-state index is -4.07. The van der Waals surface area contributed by atoms with Crippen molar-refractivity contribution in [1.82, 2.24) is 4.72 Å². The number of carboxylic acid groups (broad SMARTS) is 1. The lowest BCUT2D eigenvalue weighted by Gasteiger charge is -2.14. The van der Waals surface area contributed by atoms with E-state index in [1.165, 1.54) is 19.1 Å². The Balaban J connectivity index is 3.03. The summed E-state index contributed by atoms with van der Waals surface area (Å²) in [6.45, 7) is 1.50. The molecule has 106 valence electrons. The third-order valence-electron chi connectivity index (χ3n) is 2.47. The molecule has 8 heteroatoms. The van der Waals surface area contributed by atoms with Gasteiger partial charge in [-0.25, -0.2) is 12.8 Å². The van der Waals surface area contributed by atoms with Crippen LogP contribution in [0.4, 0.5) is 4.39 Å². The molecule has 19 heavy (non-hydrogen) atoms. The number of nitrogens with one attached hydrogen (secondary N) is 1. The van der Waals surface area contributed by atoms with Crippen LogP contribution in [-0.4, -0.2) is 31.3 Å². The van der Waals surface area contributed by atoms with E-state index in [2.05, 4.69) is 12.6 Å². The molecule has 5 nitrogen and oxygen atoms in total. The molecule has 0 bridgehead atoms. The van der Waals surface area contributed by atoms with Crippen molar-refractivity contribution in [3.8, 4) is 0 Å². The number of halogens is 1. The number of thiol groups is 1. The van der Waals surface area contributed by atoms with E-state index in [0.29, 0.717) is 5.56 Å². The highest BCUT2D eigenvalue weighted by atomic mass is 32.2. The quantitative estimate of drug-likeness (QED) is 0.689.